The minimum Gasteiger partial charge on any atom is -0.520 e. The molecule has 124 valence electrons. The van der Waals surface area contributed by atoms with Gasteiger partial charge in [0.1, 0.15) is 12.4 Å². The summed E-state index contributed by atoms with van der Waals surface area (Å²) in [5.41, 5.74) is 2.78. The molecule has 1 heterocycles. The molecule has 2 aromatic rings. The number of benzene rings is 2. The molecule has 0 saturated heterocycles. The van der Waals surface area contributed by atoms with E-state index in [9.17, 15) is 9.59 Å². The van der Waals surface area contributed by atoms with Gasteiger partial charge in [0.25, 0.3) is 5.97 Å². The van der Waals surface area contributed by atoms with Crippen LogP contribution in [0.5, 0.6) is 5.75 Å². The van der Waals surface area contributed by atoms with Gasteiger partial charge in [-0.3, -0.25) is 9.59 Å². The molecule has 0 amide bonds. The van der Waals surface area contributed by atoms with E-state index >= 15 is 0 Å². The zero-order valence-electron chi connectivity index (χ0n) is 14.1. The Morgan fingerprint density at radius 1 is 1.12 bits per heavy atom. The summed E-state index contributed by atoms with van der Waals surface area (Å²) in [6, 6.07) is 12.8. The summed E-state index contributed by atoms with van der Waals surface area (Å²) < 4.78 is 11.2. The molecule has 1 aliphatic rings. The van der Waals surface area contributed by atoms with Crippen LogP contribution in [0.25, 0.3) is 0 Å². The lowest BCUT2D eigenvalue weighted by Crippen LogP contribution is -2.30. The summed E-state index contributed by atoms with van der Waals surface area (Å²) in [6.45, 7) is 6.27. The third-order valence-electron chi connectivity index (χ3n) is 3.70. The predicted molar refractivity (Wildman–Crippen MR) is 93.8 cm³/mol. The summed E-state index contributed by atoms with van der Waals surface area (Å²) in [6.07, 6.45) is 0.159. The average molecular weight is 340 g/mol. The van der Waals surface area contributed by atoms with Crippen LogP contribution >= 0.6 is 0 Å². The summed E-state index contributed by atoms with van der Waals surface area (Å²) in [5, 5.41) is 0. The van der Waals surface area contributed by atoms with E-state index in [-0.39, 0.29) is 18.2 Å². The normalized spacial score (nSPS) is 13.4. The van der Waals surface area contributed by atoms with E-state index in [0.717, 1.165) is 11.1 Å². The Bertz CT molecular complexity index is 805. The zero-order chi connectivity index (χ0) is 17.3. The van der Waals surface area contributed by atoms with E-state index in [1.165, 1.54) is 0 Å². The number of fused-ring (bicyclic) bond motifs is 2. The molecule has 0 unspecified atom stereocenters. The Morgan fingerprint density at radius 3 is 2.62 bits per heavy atom. The highest BCUT2D eigenvalue weighted by molar-refractivity contribution is 6.71. The van der Waals surface area contributed by atoms with Crippen LogP contribution in [0.1, 0.15) is 27.0 Å². The van der Waals surface area contributed by atoms with Crippen molar-refractivity contribution in [3.05, 3.63) is 64.7 Å². The molecule has 0 N–H and O–H groups in total. The molecule has 0 saturated carbocycles. The highest BCUT2D eigenvalue weighted by Gasteiger charge is 2.24. The van der Waals surface area contributed by atoms with Crippen LogP contribution in [0, 0.1) is 0 Å². The fourth-order valence-corrected chi connectivity index (χ4v) is 3.46. The second-order valence-corrected chi connectivity index (χ2v) is 11.3. The van der Waals surface area contributed by atoms with Gasteiger partial charge in [-0.05, 0) is 37.3 Å². The zero-order valence-corrected chi connectivity index (χ0v) is 15.1. The maximum absolute atomic E-state index is 12.8. The molecule has 2 aromatic carbocycles. The molecule has 0 atom stereocenters. The Hall–Kier alpha value is -2.40. The lowest BCUT2D eigenvalue weighted by Gasteiger charge is -2.17. The lowest BCUT2D eigenvalue weighted by atomic mass is 9.97. The standard InChI is InChI=1S/C19H20O4Si/c1-24(2,3)23-18(20)11-13-8-9-17-16(10-13)19(21)15-7-5-4-6-14(15)12-22-17/h4-10H,11-12H2,1-3H3. The number of carbonyl (C=O) groups excluding carboxylic acids is 2. The van der Waals surface area contributed by atoms with Crippen molar-refractivity contribution < 1.29 is 18.8 Å². The fourth-order valence-electron chi connectivity index (χ4n) is 2.70. The van der Waals surface area contributed by atoms with Gasteiger partial charge in [-0.2, -0.15) is 0 Å². The van der Waals surface area contributed by atoms with Gasteiger partial charge >= 0.3 is 0 Å². The predicted octanol–water partition coefficient (Wildman–Crippen LogP) is 3.73. The monoisotopic (exact) mass is 340 g/mol. The average Bonchev–Trinajstić information content (AvgIpc) is 2.64. The van der Waals surface area contributed by atoms with Gasteiger partial charge in [-0.25, -0.2) is 0 Å². The van der Waals surface area contributed by atoms with Gasteiger partial charge in [-0.1, -0.05) is 30.3 Å². The highest BCUT2D eigenvalue weighted by atomic mass is 28.4. The topological polar surface area (TPSA) is 52.6 Å². The van der Waals surface area contributed by atoms with Gasteiger partial charge < -0.3 is 9.16 Å². The second-order valence-electron chi connectivity index (χ2n) is 6.87. The first-order chi connectivity index (χ1) is 11.3. The summed E-state index contributed by atoms with van der Waals surface area (Å²) in [5.74, 6) is 0.230. The van der Waals surface area contributed by atoms with Crippen molar-refractivity contribution in [1.82, 2.24) is 0 Å². The van der Waals surface area contributed by atoms with E-state index in [1.807, 2.05) is 50.0 Å². The molecule has 5 heteroatoms. The number of rotatable bonds is 3. The molecule has 0 fully saturated rings. The molecular weight excluding hydrogens is 320 g/mol. The first-order valence-corrected chi connectivity index (χ1v) is 11.3. The van der Waals surface area contributed by atoms with Gasteiger partial charge in [0.05, 0.1) is 12.0 Å². The maximum atomic E-state index is 12.8. The molecule has 0 bridgehead atoms. The number of ketones is 1. The molecular formula is C19H20O4Si. The van der Waals surface area contributed by atoms with E-state index in [1.54, 1.807) is 12.1 Å². The quantitative estimate of drug-likeness (QED) is 0.799. The van der Waals surface area contributed by atoms with Crippen LogP contribution in [0.15, 0.2) is 42.5 Å². The molecule has 0 spiro atoms. The Labute approximate surface area is 142 Å². The van der Waals surface area contributed by atoms with Crippen LogP contribution < -0.4 is 4.74 Å². The summed E-state index contributed by atoms with van der Waals surface area (Å²) >= 11 is 0. The van der Waals surface area contributed by atoms with Crippen molar-refractivity contribution in [1.29, 1.82) is 0 Å². The Balaban J connectivity index is 1.89. The molecule has 0 radical (unpaired) electrons. The molecule has 0 aromatic heterocycles. The summed E-state index contributed by atoms with van der Waals surface area (Å²) in [7, 11) is -1.91. The van der Waals surface area contributed by atoms with E-state index in [4.69, 9.17) is 9.16 Å². The van der Waals surface area contributed by atoms with Crippen molar-refractivity contribution in [2.45, 2.75) is 32.7 Å². The SMILES string of the molecule is C[Si](C)(C)OC(=O)Cc1ccc2c(c1)C(=O)c1ccccc1CO2. The van der Waals surface area contributed by atoms with Gasteiger partial charge in [0, 0.05) is 11.1 Å². The summed E-state index contributed by atoms with van der Waals surface area (Å²) in [4.78, 5) is 24.8. The Morgan fingerprint density at radius 2 is 1.88 bits per heavy atom. The van der Waals surface area contributed by atoms with Crippen LogP contribution in [0.2, 0.25) is 19.6 Å². The van der Waals surface area contributed by atoms with Gasteiger partial charge in [0.2, 0.25) is 8.32 Å². The largest absolute Gasteiger partial charge is 0.520 e. The minimum absolute atomic E-state index is 0.0708. The number of hydrogen-bond donors (Lipinski definition) is 0. The van der Waals surface area contributed by atoms with Crippen LogP contribution in [0.4, 0.5) is 0 Å². The first kappa shape index (κ1) is 16.5. The third-order valence-corrected chi connectivity index (χ3v) is 4.54. The smallest absolute Gasteiger partial charge is 0.296 e. The Kier molecular flexibility index (Phi) is 4.28. The van der Waals surface area contributed by atoms with E-state index in [2.05, 4.69) is 0 Å². The van der Waals surface area contributed by atoms with Crippen molar-refractivity contribution in [2.24, 2.45) is 0 Å². The second kappa shape index (κ2) is 6.24. The fraction of sp³-hybridized carbons (Fsp3) is 0.263. The number of carbonyl (C=O) groups is 2. The first-order valence-electron chi connectivity index (χ1n) is 7.94. The molecule has 24 heavy (non-hydrogen) atoms. The molecule has 1 aliphatic heterocycles. The molecule has 3 rings (SSSR count). The molecule has 0 aliphatic carbocycles. The van der Waals surface area contributed by atoms with E-state index < -0.39 is 8.32 Å². The van der Waals surface area contributed by atoms with Crippen LogP contribution in [-0.2, 0) is 22.2 Å². The number of ether oxygens (including phenoxy) is 1. The van der Waals surface area contributed by atoms with Crippen LogP contribution in [-0.4, -0.2) is 20.1 Å². The maximum Gasteiger partial charge on any atom is 0.296 e. The van der Waals surface area contributed by atoms with Crippen molar-refractivity contribution in [3.63, 3.8) is 0 Å². The van der Waals surface area contributed by atoms with Crippen molar-refractivity contribution >= 4 is 20.1 Å². The van der Waals surface area contributed by atoms with Crippen molar-refractivity contribution in [3.8, 4) is 5.75 Å². The minimum atomic E-state index is -1.91. The molecule has 4 nitrogen and oxygen atoms in total. The van der Waals surface area contributed by atoms with E-state index in [0.29, 0.717) is 23.5 Å². The van der Waals surface area contributed by atoms with Gasteiger partial charge in [0.15, 0.2) is 5.78 Å². The number of hydrogen-bond acceptors (Lipinski definition) is 4. The van der Waals surface area contributed by atoms with Crippen LogP contribution in [0.3, 0.4) is 0 Å². The third kappa shape index (κ3) is 3.57. The lowest BCUT2D eigenvalue weighted by molar-refractivity contribution is -0.134. The van der Waals surface area contributed by atoms with Crippen molar-refractivity contribution in [2.75, 3.05) is 0 Å². The van der Waals surface area contributed by atoms with Gasteiger partial charge in [-0.15, -0.1) is 0 Å². The highest BCUT2D eigenvalue weighted by Crippen LogP contribution is 2.29.